The fourth-order valence-corrected chi connectivity index (χ4v) is 1.87. The first-order valence-electron chi connectivity index (χ1n) is 5.28. The average molecular weight is 223 g/mol. The van der Waals surface area contributed by atoms with Gasteiger partial charge in [-0.2, -0.15) is 0 Å². The number of aldehydes is 1. The van der Waals surface area contributed by atoms with Gasteiger partial charge in [-0.05, 0) is 18.2 Å². The zero-order chi connectivity index (χ0) is 11.7. The minimum Gasteiger partial charge on any atom is -0.454 e. The summed E-state index contributed by atoms with van der Waals surface area (Å²) in [5.41, 5.74) is 1.93. The minimum atomic E-state index is 0.529. The van der Waals surface area contributed by atoms with E-state index in [1.165, 1.54) is 0 Å². The Morgan fingerprint density at radius 2 is 1.88 bits per heavy atom. The van der Waals surface area contributed by atoms with Gasteiger partial charge < -0.3 is 4.42 Å². The number of furan rings is 1. The maximum absolute atomic E-state index is 11.2. The topological polar surface area (TPSA) is 43.1 Å². The van der Waals surface area contributed by atoms with Crippen molar-refractivity contribution in [2.45, 2.75) is 0 Å². The summed E-state index contributed by atoms with van der Waals surface area (Å²) in [7, 11) is 0. The molecule has 17 heavy (non-hydrogen) atoms. The first kappa shape index (κ1) is 9.78. The summed E-state index contributed by atoms with van der Waals surface area (Å²) in [4.78, 5) is 15.4. The van der Waals surface area contributed by atoms with E-state index in [1.54, 1.807) is 6.20 Å². The molecule has 0 bridgehead atoms. The molecule has 2 heterocycles. The SMILES string of the molecule is O=Cc1c(-c2ccccn2)oc2ccccc12. The van der Waals surface area contributed by atoms with Crippen molar-refractivity contribution < 1.29 is 9.21 Å². The fourth-order valence-electron chi connectivity index (χ4n) is 1.87. The molecular formula is C14H9NO2. The van der Waals surface area contributed by atoms with E-state index in [1.807, 2.05) is 42.5 Å². The monoisotopic (exact) mass is 223 g/mol. The molecule has 0 spiro atoms. The zero-order valence-electron chi connectivity index (χ0n) is 8.96. The number of carbonyl (C=O) groups is 1. The molecule has 0 unspecified atom stereocenters. The normalized spacial score (nSPS) is 10.6. The second-order valence-corrected chi connectivity index (χ2v) is 3.67. The van der Waals surface area contributed by atoms with Gasteiger partial charge in [-0.15, -0.1) is 0 Å². The maximum Gasteiger partial charge on any atom is 0.164 e. The van der Waals surface area contributed by atoms with Gasteiger partial charge in [-0.3, -0.25) is 9.78 Å². The minimum absolute atomic E-state index is 0.529. The second-order valence-electron chi connectivity index (χ2n) is 3.67. The smallest absolute Gasteiger partial charge is 0.164 e. The Kier molecular flexibility index (Phi) is 2.22. The van der Waals surface area contributed by atoms with Crippen molar-refractivity contribution in [1.82, 2.24) is 4.98 Å². The summed E-state index contributed by atoms with van der Waals surface area (Å²) < 4.78 is 5.68. The lowest BCUT2D eigenvalue weighted by Crippen LogP contribution is -1.84. The lowest BCUT2D eigenvalue weighted by molar-refractivity contribution is 0.112. The summed E-state index contributed by atoms with van der Waals surface area (Å²) in [6.07, 6.45) is 2.49. The average Bonchev–Trinajstić information content (AvgIpc) is 2.78. The van der Waals surface area contributed by atoms with Crippen molar-refractivity contribution in [1.29, 1.82) is 0 Å². The number of carbonyl (C=O) groups excluding carboxylic acids is 1. The molecule has 0 aliphatic heterocycles. The third kappa shape index (κ3) is 1.52. The van der Waals surface area contributed by atoms with Crippen LogP contribution in [-0.4, -0.2) is 11.3 Å². The summed E-state index contributed by atoms with van der Waals surface area (Å²) in [6.45, 7) is 0. The molecule has 0 atom stereocenters. The highest BCUT2D eigenvalue weighted by atomic mass is 16.3. The molecular weight excluding hydrogens is 214 g/mol. The molecule has 3 rings (SSSR count). The molecule has 3 nitrogen and oxygen atoms in total. The molecule has 0 saturated heterocycles. The second kappa shape index (κ2) is 3.87. The molecule has 1 aromatic carbocycles. The van der Waals surface area contributed by atoms with Gasteiger partial charge >= 0.3 is 0 Å². The Morgan fingerprint density at radius 1 is 1.06 bits per heavy atom. The van der Waals surface area contributed by atoms with Gasteiger partial charge in [0.2, 0.25) is 0 Å². The lowest BCUT2D eigenvalue weighted by atomic mass is 10.1. The van der Waals surface area contributed by atoms with Gasteiger partial charge in [-0.1, -0.05) is 24.3 Å². The summed E-state index contributed by atoms with van der Waals surface area (Å²) in [5, 5.41) is 0.822. The Hall–Kier alpha value is -2.42. The summed E-state index contributed by atoms with van der Waals surface area (Å²) >= 11 is 0. The number of para-hydroxylation sites is 1. The highest BCUT2D eigenvalue weighted by molar-refractivity contribution is 6.02. The Bertz CT molecular complexity index is 671. The number of aromatic nitrogens is 1. The molecule has 0 amide bonds. The zero-order valence-corrected chi connectivity index (χ0v) is 8.96. The Balaban J connectivity index is 2.33. The van der Waals surface area contributed by atoms with E-state index < -0.39 is 0 Å². The molecule has 0 aliphatic rings. The van der Waals surface area contributed by atoms with Crippen LogP contribution in [0.25, 0.3) is 22.4 Å². The van der Waals surface area contributed by atoms with Crippen molar-refractivity contribution >= 4 is 17.3 Å². The molecule has 0 aliphatic carbocycles. The predicted molar refractivity (Wildman–Crippen MR) is 64.8 cm³/mol. The maximum atomic E-state index is 11.2. The standard InChI is InChI=1S/C14H9NO2/c16-9-11-10-5-1-2-7-13(10)17-14(11)12-6-3-4-8-15-12/h1-9H. The van der Waals surface area contributed by atoms with Crippen molar-refractivity contribution in [3.05, 3.63) is 54.2 Å². The molecule has 0 fully saturated rings. The quantitative estimate of drug-likeness (QED) is 0.626. The molecule has 3 aromatic rings. The first-order chi connectivity index (χ1) is 8.40. The highest BCUT2D eigenvalue weighted by Gasteiger charge is 2.15. The third-order valence-electron chi connectivity index (χ3n) is 2.65. The molecule has 0 saturated carbocycles. The fraction of sp³-hybridized carbons (Fsp3) is 0. The van der Waals surface area contributed by atoms with Crippen LogP contribution < -0.4 is 0 Å². The summed E-state index contributed by atoms with van der Waals surface area (Å²) in [6, 6.07) is 13.0. The van der Waals surface area contributed by atoms with E-state index in [4.69, 9.17) is 4.42 Å². The Morgan fingerprint density at radius 3 is 2.65 bits per heavy atom. The molecule has 0 N–H and O–H groups in total. The Labute approximate surface area is 97.7 Å². The van der Waals surface area contributed by atoms with Crippen LogP contribution in [0, 0.1) is 0 Å². The number of hydrogen-bond donors (Lipinski definition) is 0. The van der Waals surface area contributed by atoms with Gasteiger partial charge in [-0.25, -0.2) is 0 Å². The van der Waals surface area contributed by atoms with Crippen molar-refractivity contribution in [3.8, 4) is 11.5 Å². The van der Waals surface area contributed by atoms with Gasteiger partial charge in [0.05, 0.1) is 5.56 Å². The van der Waals surface area contributed by atoms with Crippen LogP contribution in [0.5, 0.6) is 0 Å². The van der Waals surface area contributed by atoms with E-state index in [9.17, 15) is 4.79 Å². The molecule has 82 valence electrons. The lowest BCUT2D eigenvalue weighted by Gasteiger charge is -1.95. The highest BCUT2D eigenvalue weighted by Crippen LogP contribution is 2.30. The van der Waals surface area contributed by atoms with Crippen molar-refractivity contribution in [3.63, 3.8) is 0 Å². The third-order valence-corrected chi connectivity index (χ3v) is 2.65. The number of benzene rings is 1. The van der Waals surface area contributed by atoms with Gasteiger partial charge in [0.1, 0.15) is 11.3 Å². The van der Waals surface area contributed by atoms with E-state index in [-0.39, 0.29) is 0 Å². The number of nitrogens with zero attached hydrogens (tertiary/aromatic N) is 1. The predicted octanol–water partition coefficient (Wildman–Crippen LogP) is 3.31. The van der Waals surface area contributed by atoms with E-state index in [2.05, 4.69) is 4.98 Å². The van der Waals surface area contributed by atoms with E-state index in [0.717, 1.165) is 11.7 Å². The van der Waals surface area contributed by atoms with Crippen LogP contribution in [0.3, 0.4) is 0 Å². The number of fused-ring (bicyclic) bond motifs is 1. The van der Waals surface area contributed by atoms with Gasteiger partial charge in [0, 0.05) is 11.6 Å². The molecule has 0 radical (unpaired) electrons. The van der Waals surface area contributed by atoms with Gasteiger partial charge in [0.15, 0.2) is 12.0 Å². The molecule has 3 heteroatoms. The first-order valence-corrected chi connectivity index (χ1v) is 5.28. The van der Waals surface area contributed by atoms with Crippen LogP contribution in [0.15, 0.2) is 53.1 Å². The van der Waals surface area contributed by atoms with Crippen molar-refractivity contribution in [2.24, 2.45) is 0 Å². The number of hydrogen-bond acceptors (Lipinski definition) is 3. The molecule has 2 aromatic heterocycles. The number of rotatable bonds is 2. The van der Waals surface area contributed by atoms with Crippen LogP contribution in [0.1, 0.15) is 10.4 Å². The van der Waals surface area contributed by atoms with Crippen LogP contribution in [0.4, 0.5) is 0 Å². The van der Waals surface area contributed by atoms with Crippen LogP contribution >= 0.6 is 0 Å². The largest absolute Gasteiger partial charge is 0.454 e. The summed E-state index contributed by atoms with van der Waals surface area (Å²) in [5.74, 6) is 0.529. The van der Waals surface area contributed by atoms with Crippen molar-refractivity contribution in [2.75, 3.05) is 0 Å². The van der Waals surface area contributed by atoms with Crippen LogP contribution in [-0.2, 0) is 0 Å². The van der Waals surface area contributed by atoms with E-state index >= 15 is 0 Å². The van der Waals surface area contributed by atoms with Gasteiger partial charge in [0.25, 0.3) is 0 Å². The number of pyridine rings is 1. The van der Waals surface area contributed by atoms with Crippen LogP contribution in [0.2, 0.25) is 0 Å². The van der Waals surface area contributed by atoms with E-state index in [0.29, 0.717) is 22.6 Å².